The Labute approximate surface area is 464 Å². The van der Waals surface area contributed by atoms with Crippen LogP contribution in [0.4, 0.5) is 0 Å². The highest BCUT2D eigenvalue weighted by atomic mass is 15.4. The number of hydrogen-bond donors (Lipinski definition) is 2. The van der Waals surface area contributed by atoms with E-state index in [4.69, 9.17) is 34.9 Å². The molecule has 2 unspecified atom stereocenters. The highest BCUT2D eigenvalue weighted by molar-refractivity contribution is 6.30. The van der Waals surface area contributed by atoms with E-state index in [1.165, 1.54) is 0 Å². The molecule has 6 heterocycles. The van der Waals surface area contributed by atoms with Crippen LogP contribution in [0.2, 0.25) is 0 Å². The van der Waals surface area contributed by atoms with Crippen LogP contribution in [-0.4, -0.2) is 52.0 Å². The molecule has 2 aliphatic rings. The third-order valence-corrected chi connectivity index (χ3v) is 15.4. The maximum Gasteiger partial charge on any atom is 0.238 e. The molecular formula is C69H46N12. The van der Waals surface area contributed by atoms with Gasteiger partial charge < -0.3 is 19.8 Å². The van der Waals surface area contributed by atoms with E-state index in [0.29, 0.717) is 29.3 Å². The summed E-state index contributed by atoms with van der Waals surface area (Å²) in [5, 5.41) is 14.0. The lowest BCUT2D eigenvalue weighted by Crippen LogP contribution is -2.36. The van der Waals surface area contributed by atoms with Gasteiger partial charge in [-0.3, -0.25) is 4.57 Å². The fourth-order valence-electron chi connectivity index (χ4n) is 11.8. The van der Waals surface area contributed by atoms with Crippen LogP contribution < -0.4 is 10.6 Å². The topological polar surface area (TPSA) is 127 Å². The summed E-state index contributed by atoms with van der Waals surface area (Å²) in [5.41, 5.74) is 11.5. The van der Waals surface area contributed by atoms with E-state index in [1.807, 2.05) is 133 Å². The van der Waals surface area contributed by atoms with Crippen LogP contribution in [0.1, 0.15) is 34.8 Å². The summed E-state index contributed by atoms with van der Waals surface area (Å²) in [6.45, 7) is 0. The van der Waals surface area contributed by atoms with Crippen molar-refractivity contribution in [3.63, 3.8) is 0 Å². The van der Waals surface area contributed by atoms with E-state index in [1.54, 1.807) is 0 Å². The quantitative estimate of drug-likeness (QED) is 0.149. The minimum atomic E-state index is -0.627. The van der Waals surface area contributed by atoms with E-state index in [2.05, 4.69) is 146 Å². The number of benzene rings is 10. The van der Waals surface area contributed by atoms with Gasteiger partial charge in [-0.15, -0.1) is 0 Å². The van der Waals surface area contributed by atoms with E-state index in [0.717, 1.165) is 110 Å². The maximum absolute atomic E-state index is 5.54. The first-order valence-corrected chi connectivity index (χ1v) is 27.0. The molecule has 0 radical (unpaired) electrons. The van der Waals surface area contributed by atoms with Crippen LogP contribution in [0.5, 0.6) is 0 Å². The van der Waals surface area contributed by atoms with Gasteiger partial charge >= 0.3 is 0 Å². The van der Waals surface area contributed by atoms with Crippen LogP contribution in [0.3, 0.4) is 0 Å². The van der Waals surface area contributed by atoms with Gasteiger partial charge in [-0.1, -0.05) is 218 Å². The summed E-state index contributed by atoms with van der Waals surface area (Å²) in [6, 6.07) is 87.7. The summed E-state index contributed by atoms with van der Waals surface area (Å²) >= 11 is 0. The van der Waals surface area contributed by atoms with Crippen molar-refractivity contribution < 1.29 is 0 Å². The molecule has 12 heteroatoms. The van der Waals surface area contributed by atoms with Crippen LogP contribution in [0.25, 0.3) is 94.1 Å². The van der Waals surface area contributed by atoms with Gasteiger partial charge in [0.05, 0.1) is 33.1 Å². The molecule has 382 valence electrons. The Hall–Kier alpha value is -11.1. The number of amidine groups is 4. The lowest BCUT2D eigenvalue weighted by molar-refractivity contribution is 0.514. The highest BCUT2D eigenvalue weighted by Gasteiger charge is 2.30. The summed E-state index contributed by atoms with van der Waals surface area (Å²) in [7, 11) is 0. The lowest BCUT2D eigenvalue weighted by atomic mass is 10.0. The van der Waals surface area contributed by atoms with Gasteiger partial charge in [0, 0.05) is 65.7 Å². The predicted octanol–water partition coefficient (Wildman–Crippen LogP) is 14.4. The SMILES string of the molecule is c1ccc(C2=NC(n3c4ccccc4c4cc5c(cc43)c3c4c6ccccc6n(-c6nc(-c7ccccc7)nc(-c7ccccc7)n6)c4ccc3n5C3N=C(c4ccccc4)N=C(c4ccccc4)N3)NC(c3ccccc3)=N2)cc1. The molecule has 4 aromatic heterocycles. The molecule has 0 spiro atoms. The third kappa shape index (κ3) is 7.71. The van der Waals surface area contributed by atoms with E-state index < -0.39 is 12.6 Å². The van der Waals surface area contributed by atoms with Gasteiger partial charge in [-0.2, -0.15) is 9.97 Å². The van der Waals surface area contributed by atoms with Crippen molar-refractivity contribution in [1.82, 2.24) is 39.3 Å². The summed E-state index contributed by atoms with van der Waals surface area (Å²) in [6.07, 6.45) is -1.20. The molecule has 0 aliphatic carbocycles. The monoisotopic (exact) mass is 1040 g/mol. The van der Waals surface area contributed by atoms with Crippen molar-refractivity contribution in [2.24, 2.45) is 20.0 Å². The Bertz CT molecular complexity index is 4850. The number of aliphatic imine (C=N–C) groups is 4. The van der Waals surface area contributed by atoms with E-state index in [9.17, 15) is 0 Å². The largest absolute Gasteiger partial charge is 0.331 e. The minimum Gasteiger partial charge on any atom is -0.331 e. The van der Waals surface area contributed by atoms with Crippen molar-refractivity contribution >= 4 is 88.8 Å². The molecule has 0 amide bonds. The number of nitrogens with one attached hydrogen (secondary N) is 2. The molecule has 0 saturated heterocycles. The second kappa shape index (κ2) is 18.8. The van der Waals surface area contributed by atoms with Crippen molar-refractivity contribution in [2.45, 2.75) is 12.6 Å². The van der Waals surface area contributed by atoms with Gasteiger partial charge in [-0.05, 0) is 36.4 Å². The van der Waals surface area contributed by atoms with Crippen LogP contribution in [-0.2, 0) is 0 Å². The Kier molecular flexibility index (Phi) is 10.7. The van der Waals surface area contributed by atoms with Crippen LogP contribution >= 0.6 is 0 Å². The fraction of sp³-hybridized carbons (Fsp3) is 0.0290. The van der Waals surface area contributed by atoms with Crippen molar-refractivity contribution in [2.75, 3.05) is 0 Å². The number of rotatable bonds is 9. The zero-order chi connectivity index (χ0) is 53.4. The van der Waals surface area contributed by atoms with Crippen molar-refractivity contribution in [3.05, 3.63) is 277 Å². The molecule has 12 nitrogen and oxygen atoms in total. The van der Waals surface area contributed by atoms with Crippen molar-refractivity contribution in [3.8, 4) is 28.7 Å². The molecule has 16 rings (SSSR count). The average molecular weight is 1040 g/mol. The predicted molar refractivity (Wildman–Crippen MR) is 327 cm³/mol. The van der Waals surface area contributed by atoms with Gasteiger partial charge in [0.15, 0.2) is 23.3 Å². The molecule has 0 fully saturated rings. The lowest BCUT2D eigenvalue weighted by Gasteiger charge is -2.26. The second-order valence-electron chi connectivity index (χ2n) is 20.2. The van der Waals surface area contributed by atoms with Crippen LogP contribution in [0, 0.1) is 0 Å². The number of fused-ring (bicyclic) bond motifs is 10. The number of aromatic nitrogens is 6. The molecule has 81 heavy (non-hydrogen) atoms. The number of para-hydroxylation sites is 2. The third-order valence-electron chi connectivity index (χ3n) is 15.4. The molecule has 2 aliphatic heterocycles. The van der Waals surface area contributed by atoms with Crippen molar-refractivity contribution in [1.29, 1.82) is 0 Å². The summed E-state index contributed by atoms with van der Waals surface area (Å²) in [5.74, 6) is 4.42. The second-order valence-corrected chi connectivity index (χ2v) is 20.2. The Balaban J connectivity index is 1.01. The fourth-order valence-corrected chi connectivity index (χ4v) is 11.8. The molecule has 14 aromatic rings. The molecule has 2 N–H and O–H groups in total. The molecule has 0 saturated carbocycles. The number of hydrogen-bond acceptors (Lipinski definition) is 9. The van der Waals surface area contributed by atoms with Crippen LogP contribution in [0.15, 0.2) is 275 Å². The molecular weight excluding hydrogens is 997 g/mol. The minimum absolute atomic E-state index is 0.514. The Morgan fingerprint density at radius 3 is 1.22 bits per heavy atom. The normalized spacial score (nSPS) is 15.4. The highest BCUT2D eigenvalue weighted by Crippen LogP contribution is 2.45. The Morgan fingerprint density at radius 1 is 0.296 bits per heavy atom. The summed E-state index contributed by atoms with van der Waals surface area (Å²) in [4.78, 5) is 37.1. The molecule has 10 aromatic carbocycles. The first kappa shape index (κ1) is 46.0. The van der Waals surface area contributed by atoms with Gasteiger partial charge in [0.1, 0.15) is 11.7 Å². The first-order chi connectivity index (χ1) is 40.2. The van der Waals surface area contributed by atoms with E-state index in [-0.39, 0.29) is 0 Å². The average Bonchev–Trinajstić information content (AvgIpc) is 2.61. The first-order valence-electron chi connectivity index (χ1n) is 27.0. The van der Waals surface area contributed by atoms with Gasteiger partial charge in [0.25, 0.3) is 0 Å². The zero-order valence-corrected chi connectivity index (χ0v) is 43.4. The maximum atomic E-state index is 5.54. The Morgan fingerprint density at radius 2 is 0.691 bits per heavy atom. The molecule has 2 atom stereocenters. The van der Waals surface area contributed by atoms with Gasteiger partial charge in [0.2, 0.25) is 18.5 Å². The standard InChI is InChI=1S/C69H46N12/c1-7-23-43(24-8-1)61-70-62(44-25-9-2-10-26-44)74-67(73-61)79-54-38-22-20-36-50(54)59-55(79)39-40-56-60(59)52-42-57-51(41-58(52)81(56)69-77-65(47-31-15-5-16-32-47)72-66(78-69)48-33-17-6-18-34-48)49-35-19-21-37-53(49)80(57)68-75-63(45-27-11-3-12-28-45)71-64(76-68)46-29-13-4-14-30-46/h1-42,68-69H,(H,71,75,76)(H,72,77,78). The smallest absolute Gasteiger partial charge is 0.238 e. The number of nitrogens with zero attached hydrogens (tertiary/aromatic N) is 10. The van der Waals surface area contributed by atoms with E-state index >= 15 is 0 Å². The zero-order valence-electron chi connectivity index (χ0n) is 43.4. The summed E-state index contributed by atoms with van der Waals surface area (Å²) < 4.78 is 6.89. The van der Waals surface area contributed by atoms with Gasteiger partial charge in [-0.25, -0.2) is 25.0 Å². The molecule has 0 bridgehead atoms.